The number of carbonyl (C=O) groups is 2. The summed E-state index contributed by atoms with van der Waals surface area (Å²) in [4.78, 5) is 33.6. The predicted molar refractivity (Wildman–Crippen MR) is 427 cm³/mol. The van der Waals surface area contributed by atoms with E-state index in [-0.39, 0.29) is 34.6 Å². The molecule has 9 aromatic carbocycles. The first-order valence-electron chi connectivity index (χ1n) is 30.6. The Morgan fingerprint density at radius 2 is 0.864 bits per heavy atom. The quantitative estimate of drug-likeness (QED) is 0.109. The number of ether oxygens (including phenoxy) is 1. The molecule has 0 bridgehead atoms. The minimum atomic E-state index is -3.72. The molecular weight excluding hydrogens is 1490 g/mol. The molecule has 0 saturated heterocycles. The van der Waals surface area contributed by atoms with Crippen LogP contribution < -0.4 is 0 Å². The van der Waals surface area contributed by atoms with Crippen molar-refractivity contribution in [2.75, 3.05) is 0 Å². The molecule has 1 N–H and O–H groups in total. The van der Waals surface area contributed by atoms with Crippen molar-refractivity contribution in [3.05, 3.63) is 257 Å². The third-order valence-electron chi connectivity index (χ3n) is 16.9. The molecule has 1 aliphatic rings. The summed E-state index contributed by atoms with van der Waals surface area (Å²) in [5, 5.41) is 25.8. The predicted octanol–water partition coefficient (Wildman–Crippen LogP) is 21.7. The number of sulfone groups is 1. The number of fused-ring (bicyclic) bond motifs is 4. The number of H-pyrrole nitrogens is 1. The van der Waals surface area contributed by atoms with Gasteiger partial charge in [0.2, 0.25) is 9.84 Å². The molecule has 2 unspecified atom stereocenters. The van der Waals surface area contributed by atoms with Crippen LogP contribution in [0, 0.1) is 6.92 Å². The van der Waals surface area contributed by atoms with Crippen molar-refractivity contribution < 1.29 is 22.7 Å². The summed E-state index contributed by atoms with van der Waals surface area (Å²) in [5.74, 6) is 0. The summed E-state index contributed by atoms with van der Waals surface area (Å²) in [7, 11) is 3.66. The maximum Gasteiger partial charge on any atom is 0.205 e. The summed E-state index contributed by atoms with van der Waals surface area (Å²) in [5.41, 5.74) is 15.9. The number of hydrogen-bond acceptors (Lipinski definition) is 11. The lowest BCUT2D eigenvalue weighted by Crippen LogP contribution is -2.32. The molecule has 6 heterocycles. The second-order valence-corrected chi connectivity index (χ2v) is 28.6. The molecule has 532 valence electrons. The van der Waals surface area contributed by atoms with Crippen LogP contribution in [-0.2, 0) is 66.8 Å². The topological polar surface area (TPSA) is 190 Å². The zero-order chi connectivity index (χ0) is 70.0. The molecular formula is C78H73Cl8N11O5S. The fraction of sp³-hybridized carbons (Fsp3) is 0.179. The molecule has 0 spiro atoms. The lowest BCUT2D eigenvalue weighted by atomic mass is 10.0. The van der Waals surface area contributed by atoms with E-state index in [4.69, 9.17) is 108 Å². The van der Waals surface area contributed by atoms with Crippen LogP contribution in [0.25, 0.3) is 88.1 Å². The Kier molecular flexibility index (Phi) is 26.5. The van der Waals surface area contributed by atoms with Gasteiger partial charge in [0, 0.05) is 171 Å². The molecule has 0 saturated carbocycles. The highest BCUT2D eigenvalue weighted by Gasteiger charge is 2.40. The summed E-state index contributed by atoms with van der Waals surface area (Å²) < 4.78 is 39.3. The standard InChI is InChI=1S/C25H21Cl2N3O3S.C18H14Cl2N4.C16H12Cl2N2O.C15H10Cl2N2O.4CH4/c1-15-6-9-17(10-7-15)34(31,32)25-23(33-14-28-25)13-22-20-5-3-4-19(24(20)29-30(22)2)18-11-8-16(26)12-21(18)27;1-24-17(8-12-9-21-10-22-12)15-4-2-3-14(18(15)23-24)13-6-5-11(19)7-16(13)20;1-20-15(7-8-21)13-4-2-3-12(16(13)19-20)11-6-5-10(17)9-14(11)18;1-19-14(8-20)12-4-2-3-11(15(12)18-19)10-6-5-9(16)7-13(10)17;;;;/h3-12,14,23,25H,13H2,1-2H3;2-7,9-10H,8H2,1H3,(H,21,22);2-6,8-9H,7H2,1H3;2-8H,1H3;4*1H4. The first-order valence-corrected chi connectivity index (χ1v) is 35.1. The number of halogens is 8. The van der Waals surface area contributed by atoms with Gasteiger partial charge in [-0.3, -0.25) is 23.5 Å². The molecule has 2 atom stereocenters. The maximum absolute atomic E-state index is 13.3. The van der Waals surface area contributed by atoms with Crippen LogP contribution >= 0.6 is 92.8 Å². The molecule has 1 aliphatic heterocycles. The fourth-order valence-electron chi connectivity index (χ4n) is 12.0. The van der Waals surface area contributed by atoms with Crippen molar-refractivity contribution in [3.8, 4) is 44.5 Å². The molecule has 0 aliphatic carbocycles. The Morgan fingerprint density at radius 1 is 0.476 bits per heavy atom. The van der Waals surface area contributed by atoms with Gasteiger partial charge in [0.15, 0.2) is 18.1 Å². The van der Waals surface area contributed by atoms with Crippen LogP contribution in [0.5, 0.6) is 0 Å². The van der Waals surface area contributed by atoms with Gasteiger partial charge in [0.05, 0.1) is 22.6 Å². The van der Waals surface area contributed by atoms with Crippen molar-refractivity contribution >= 4 is 165 Å². The number of hydrogen-bond donors (Lipinski definition) is 1. The molecule has 16 nitrogen and oxygen atoms in total. The van der Waals surface area contributed by atoms with Crippen molar-refractivity contribution in [3.63, 3.8) is 0 Å². The van der Waals surface area contributed by atoms with Crippen LogP contribution in [-0.4, -0.2) is 88.0 Å². The summed E-state index contributed by atoms with van der Waals surface area (Å²) in [6.45, 7) is 1.91. The number of nitrogens with zero attached hydrogens (tertiary/aromatic N) is 10. The molecule has 14 aromatic rings. The number of nitrogens with one attached hydrogen (secondary N) is 1. The summed E-state index contributed by atoms with van der Waals surface area (Å²) in [6.07, 6.45) is 7.18. The molecule has 0 radical (unpaired) electrons. The average Bonchev–Trinajstić information content (AvgIpc) is 1.65. The lowest BCUT2D eigenvalue weighted by molar-refractivity contribution is -0.107. The van der Waals surface area contributed by atoms with Gasteiger partial charge >= 0.3 is 0 Å². The maximum atomic E-state index is 13.3. The van der Waals surface area contributed by atoms with Crippen molar-refractivity contribution in [1.29, 1.82) is 0 Å². The highest BCUT2D eigenvalue weighted by Crippen LogP contribution is 2.41. The van der Waals surface area contributed by atoms with E-state index >= 15 is 0 Å². The minimum Gasteiger partial charge on any atom is -0.477 e. The monoisotopic (exact) mass is 1560 g/mol. The average molecular weight is 1560 g/mol. The third kappa shape index (κ3) is 16.7. The zero-order valence-electron chi connectivity index (χ0n) is 53.3. The van der Waals surface area contributed by atoms with E-state index in [1.807, 2.05) is 136 Å². The van der Waals surface area contributed by atoms with E-state index in [0.717, 1.165) is 135 Å². The van der Waals surface area contributed by atoms with Crippen LogP contribution in [0.15, 0.2) is 192 Å². The first-order chi connectivity index (χ1) is 47.6. The van der Waals surface area contributed by atoms with Crippen molar-refractivity contribution in [2.45, 2.75) is 72.3 Å². The number of aliphatic imine (C=N–C) groups is 1. The third-order valence-corrected chi connectivity index (χ3v) is 21.1. The van der Waals surface area contributed by atoms with Gasteiger partial charge in [-0.2, -0.15) is 20.4 Å². The first kappa shape index (κ1) is 79.8. The van der Waals surface area contributed by atoms with Crippen LogP contribution in [0.3, 0.4) is 0 Å². The van der Waals surface area contributed by atoms with Crippen molar-refractivity contribution in [1.82, 2.24) is 49.1 Å². The second-order valence-electron chi connectivity index (χ2n) is 23.1. The van der Waals surface area contributed by atoms with Crippen LogP contribution in [0.2, 0.25) is 40.2 Å². The van der Waals surface area contributed by atoms with Gasteiger partial charge in [-0.1, -0.05) is 237 Å². The highest BCUT2D eigenvalue weighted by molar-refractivity contribution is 7.92. The minimum absolute atomic E-state index is 0. The number of aldehydes is 2. The summed E-state index contributed by atoms with van der Waals surface area (Å²) >= 11 is 49.4. The smallest absolute Gasteiger partial charge is 0.205 e. The van der Waals surface area contributed by atoms with Gasteiger partial charge in [-0.15, -0.1) is 0 Å². The van der Waals surface area contributed by atoms with Gasteiger partial charge < -0.3 is 14.5 Å². The Morgan fingerprint density at radius 3 is 1.27 bits per heavy atom. The largest absolute Gasteiger partial charge is 0.477 e. The van der Waals surface area contributed by atoms with Crippen LogP contribution in [0.1, 0.15) is 68.5 Å². The SMILES string of the molecule is C.C.C.C.Cc1ccc(S(=O)(=O)C2N=COC2Cc2c3cccc(-c4ccc(Cl)cc4Cl)c3nn2C)cc1.Cn1nc2c(-c3ccc(Cl)cc3Cl)cccc2c1C=O.Cn1nc2c(-c3ccc(Cl)cc3Cl)cccc2c1CC=O.Cn1nc2c(-c3ccc(Cl)cc3Cl)cccc2c1Cc1cnc[nH]1. The number of benzene rings is 9. The lowest BCUT2D eigenvalue weighted by Gasteiger charge is -2.18. The van der Waals surface area contributed by atoms with E-state index in [0.29, 0.717) is 58.7 Å². The normalized spacial score (nSPS) is 12.9. The number of rotatable bonds is 13. The number of aryl methyl sites for hydroxylation is 5. The van der Waals surface area contributed by atoms with Gasteiger partial charge in [0.1, 0.15) is 40.2 Å². The van der Waals surface area contributed by atoms with Crippen LogP contribution in [0.4, 0.5) is 0 Å². The van der Waals surface area contributed by atoms with E-state index in [1.165, 1.54) is 6.40 Å². The van der Waals surface area contributed by atoms with Gasteiger partial charge in [-0.05, 0) is 67.6 Å². The molecule has 5 aromatic heterocycles. The zero-order valence-corrected chi connectivity index (χ0v) is 60.1. The van der Waals surface area contributed by atoms with Gasteiger partial charge in [-0.25, -0.2) is 18.4 Å². The number of imidazole rings is 1. The fourth-order valence-corrected chi connectivity index (χ4v) is 15.6. The molecule has 0 fully saturated rings. The Hall–Kier alpha value is -8.85. The molecule has 15 rings (SSSR count). The Labute approximate surface area is 638 Å². The second kappa shape index (κ2) is 34.2. The number of aromatic amines is 1. The van der Waals surface area contributed by atoms with E-state index < -0.39 is 21.3 Å². The van der Waals surface area contributed by atoms with Gasteiger partial charge in [0.25, 0.3) is 0 Å². The highest BCUT2D eigenvalue weighted by atomic mass is 35.5. The van der Waals surface area contributed by atoms with E-state index in [2.05, 4.69) is 31.2 Å². The number of aromatic nitrogens is 10. The van der Waals surface area contributed by atoms with E-state index in [1.54, 1.807) is 94.2 Å². The Bertz CT molecular complexity index is 5560. The molecule has 0 amide bonds. The molecule has 103 heavy (non-hydrogen) atoms. The molecule has 25 heteroatoms. The Balaban J connectivity index is 0.000000176. The van der Waals surface area contributed by atoms with Crippen molar-refractivity contribution in [2.24, 2.45) is 33.2 Å². The summed E-state index contributed by atoms with van der Waals surface area (Å²) in [6, 6.07) is 51.9. The number of carbonyl (C=O) groups excluding carboxylic acids is 2. The van der Waals surface area contributed by atoms with E-state index in [9.17, 15) is 18.0 Å².